The number of amides is 1. The third-order valence-electron chi connectivity index (χ3n) is 5.15. The Bertz CT molecular complexity index is 1130. The Morgan fingerprint density at radius 3 is 2.65 bits per heavy atom. The quantitative estimate of drug-likeness (QED) is 0.709. The number of carbonyl (C=O) groups is 1. The number of fused-ring (bicyclic) bond motifs is 2. The number of hydrogen-bond acceptors (Lipinski definition) is 6. The lowest BCUT2D eigenvalue weighted by Crippen LogP contribution is -2.39. The lowest BCUT2D eigenvalue weighted by atomic mass is 10.0. The zero-order chi connectivity index (χ0) is 22.0. The summed E-state index contributed by atoms with van der Waals surface area (Å²) in [5.74, 6) is 1.29. The van der Waals surface area contributed by atoms with Gasteiger partial charge >= 0.3 is 0 Å². The van der Waals surface area contributed by atoms with Crippen molar-refractivity contribution in [2.45, 2.75) is 31.2 Å². The first kappa shape index (κ1) is 21.2. The van der Waals surface area contributed by atoms with Crippen molar-refractivity contribution in [2.24, 2.45) is 10.9 Å². The normalized spacial score (nSPS) is 18.4. The number of rotatable bonds is 6. The van der Waals surface area contributed by atoms with Crippen molar-refractivity contribution in [2.75, 3.05) is 19.8 Å². The van der Waals surface area contributed by atoms with Gasteiger partial charge in [-0.3, -0.25) is 14.5 Å². The molecule has 2 aromatic carbocycles. The van der Waals surface area contributed by atoms with Crippen LogP contribution >= 0.6 is 0 Å². The summed E-state index contributed by atoms with van der Waals surface area (Å²) in [6.07, 6.45) is 0.624. The first-order valence-corrected chi connectivity index (χ1v) is 11.7. The smallest absolute Gasteiger partial charge is 0.263 e. The van der Waals surface area contributed by atoms with Gasteiger partial charge in [-0.2, -0.15) is 0 Å². The van der Waals surface area contributed by atoms with E-state index in [-0.39, 0.29) is 22.6 Å². The second-order valence-corrected chi connectivity index (χ2v) is 9.44. The maximum Gasteiger partial charge on any atom is 0.263 e. The molecule has 0 saturated heterocycles. The second-order valence-electron chi connectivity index (χ2n) is 7.79. The van der Waals surface area contributed by atoms with Crippen molar-refractivity contribution in [3.8, 4) is 11.5 Å². The first-order chi connectivity index (χ1) is 14.8. The number of hydrogen-bond donors (Lipinski definition) is 2. The third kappa shape index (κ3) is 4.51. The van der Waals surface area contributed by atoms with Gasteiger partial charge in [0.2, 0.25) is 5.91 Å². The summed E-state index contributed by atoms with van der Waals surface area (Å²) in [5, 5.41) is 2.92. The summed E-state index contributed by atoms with van der Waals surface area (Å²) in [6.45, 7) is 5.25. The van der Waals surface area contributed by atoms with Crippen molar-refractivity contribution in [3.63, 3.8) is 0 Å². The maximum absolute atomic E-state index is 12.8. The summed E-state index contributed by atoms with van der Waals surface area (Å²) in [4.78, 5) is 17.5. The molecule has 2 heterocycles. The molecule has 0 aromatic heterocycles. The highest BCUT2D eigenvalue weighted by molar-refractivity contribution is 7.90. The molecule has 2 aliphatic heterocycles. The van der Waals surface area contributed by atoms with Gasteiger partial charge in [0.15, 0.2) is 11.5 Å². The fraction of sp³-hybridized carbons (Fsp3) is 0.364. The number of nitrogens with one attached hydrogen (secondary N) is 2. The Morgan fingerprint density at radius 2 is 1.87 bits per heavy atom. The minimum atomic E-state index is -3.65. The van der Waals surface area contributed by atoms with E-state index < -0.39 is 16.1 Å². The summed E-state index contributed by atoms with van der Waals surface area (Å²) < 4.78 is 38.2. The molecule has 0 fully saturated rings. The highest BCUT2D eigenvalue weighted by Gasteiger charge is 2.32. The molecule has 2 aliphatic rings. The molecule has 2 N–H and O–H groups in total. The highest BCUT2D eigenvalue weighted by atomic mass is 32.2. The minimum absolute atomic E-state index is 0.112. The molecule has 2 aromatic rings. The maximum atomic E-state index is 12.8. The van der Waals surface area contributed by atoms with Crippen LogP contribution in [0.4, 0.5) is 0 Å². The molecule has 0 bridgehead atoms. The molecule has 0 radical (unpaired) electrons. The largest absolute Gasteiger partial charge is 0.486 e. The van der Waals surface area contributed by atoms with Crippen LogP contribution in [0.3, 0.4) is 0 Å². The van der Waals surface area contributed by atoms with Gasteiger partial charge in [-0.1, -0.05) is 32.0 Å². The van der Waals surface area contributed by atoms with Gasteiger partial charge in [-0.25, -0.2) is 8.42 Å². The molecule has 31 heavy (non-hydrogen) atoms. The molecule has 8 nitrogen and oxygen atoms in total. The average molecular weight is 444 g/mol. The van der Waals surface area contributed by atoms with Crippen LogP contribution < -0.4 is 19.5 Å². The number of aliphatic imine (C=N–C) groups is 1. The van der Waals surface area contributed by atoms with E-state index >= 15 is 0 Å². The molecule has 1 atom stereocenters. The van der Waals surface area contributed by atoms with Crippen LogP contribution in [0.5, 0.6) is 11.5 Å². The SMILES string of the molecule is CC(C)C(N=C1NS(=O)(=O)c2ccccc21)C(=O)NCCc1ccc2c(c1)OCCO2. The molecular formula is C22H25N3O5S. The number of benzene rings is 2. The molecule has 9 heteroatoms. The van der Waals surface area contributed by atoms with Crippen molar-refractivity contribution in [1.82, 2.24) is 10.0 Å². The van der Waals surface area contributed by atoms with Gasteiger partial charge in [-0.15, -0.1) is 0 Å². The summed E-state index contributed by atoms with van der Waals surface area (Å²) in [6, 6.07) is 11.6. The van der Waals surface area contributed by atoms with Crippen LogP contribution in [0.25, 0.3) is 0 Å². The first-order valence-electron chi connectivity index (χ1n) is 10.2. The Hall–Kier alpha value is -3.07. The zero-order valence-electron chi connectivity index (χ0n) is 17.4. The molecule has 0 saturated carbocycles. The highest BCUT2D eigenvalue weighted by Crippen LogP contribution is 2.30. The van der Waals surface area contributed by atoms with Crippen LogP contribution in [-0.4, -0.2) is 46.0 Å². The fourth-order valence-electron chi connectivity index (χ4n) is 3.56. The van der Waals surface area contributed by atoms with E-state index in [1.807, 2.05) is 32.0 Å². The predicted molar refractivity (Wildman–Crippen MR) is 116 cm³/mol. The van der Waals surface area contributed by atoms with E-state index in [0.717, 1.165) is 11.3 Å². The van der Waals surface area contributed by atoms with Crippen LogP contribution in [0.1, 0.15) is 25.0 Å². The summed E-state index contributed by atoms with van der Waals surface area (Å²) in [5.41, 5.74) is 1.51. The molecule has 1 unspecified atom stereocenters. The second kappa shape index (κ2) is 8.58. The topological polar surface area (TPSA) is 106 Å². The Morgan fingerprint density at radius 1 is 1.13 bits per heavy atom. The third-order valence-corrected chi connectivity index (χ3v) is 6.55. The number of nitrogens with zero attached hydrogens (tertiary/aromatic N) is 1. The van der Waals surface area contributed by atoms with Crippen molar-refractivity contribution >= 4 is 21.8 Å². The van der Waals surface area contributed by atoms with E-state index in [4.69, 9.17) is 9.47 Å². The predicted octanol–water partition coefficient (Wildman–Crippen LogP) is 1.88. The van der Waals surface area contributed by atoms with Crippen LogP contribution in [0, 0.1) is 5.92 Å². The van der Waals surface area contributed by atoms with Crippen LogP contribution in [0.2, 0.25) is 0 Å². The molecule has 0 spiro atoms. The lowest BCUT2D eigenvalue weighted by Gasteiger charge is -2.19. The van der Waals surface area contributed by atoms with Gasteiger partial charge in [0.05, 0.1) is 4.90 Å². The fourth-order valence-corrected chi connectivity index (χ4v) is 4.80. The monoisotopic (exact) mass is 443 g/mol. The average Bonchev–Trinajstić information content (AvgIpc) is 3.02. The van der Waals surface area contributed by atoms with Gasteiger partial charge in [0.25, 0.3) is 10.0 Å². The van der Waals surface area contributed by atoms with E-state index in [1.165, 1.54) is 6.07 Å². The molecule has 1 amide bonds. The number of sulfonamides is 1. The lowest BCUT2D eigenvalue weighted by molar-refractivity contribution is -0.123. The Kier molecular flexibility index (Phi) is 5.86. The van der Waals surface area contributed by atoms with E-state index in [1.54, 1.807) is 18.2 Å². The van der Waals surface area contributed by atoms with Crippen LogP contribution in [-0.2, 0) is 21.2 Å². The summed E-state index contributed by atoms with van der Waals surface area (Å²) >= 11 is 0. The Balaban J connectivity index is 1.43. The van der Waals surface area contributed by atoms with Gasteiger partial charge in [0, 0.05) is 12.1 Å². The zero-order valence-corrected chi connectivity index (χ0v) is 18.2. The van der Waals surface area contributed by atoms with Crippen molar-refractivity contribution < 1.29 is 22.7 Å². The molecule has 164 valence electrons. The van der Waals surface area contributed by atoms with E-state index in [0.29, 0.717) is 37.5 Å². The van der Waals surface area contributed by atoms with Gasteiger partial charge < -0.3 is 14.8 Å². The minimum Gasteiger partial charge on any atom is -0.486 e. The van der Waals surface area contributed by atoms with E-state index in [2.05, 4.69) is 15.0 Å². The number of carbonyl (C=O) groups excluding carboxylic acids is 1. The molecule has 0 aliphatic carbocycles. The van der Waals surface area contributed by atoms with Crippen molar-refractivity contribution in [1.29, 1.82) is 0 Å². The standard InChI is InChI=1S/C22H25N3O5S/c1-14(2)20(24-21-16-5-3-4-6-19(16)31(27,28)25-21)22(26)23-10-9-15-7-8-17-18(13-15)30-12-11-29-17/h3-8,13-14,20H,9-12H2,1-2H3,(H,23,26)(H,24,25). The van der Waals surface area contributed by atoms with Gasteiger partial charge in [-0.05, 0) is 42.2 Å². The number of amidine groups is 1. The van der Waals surface area contributed by atoms with Crippen LogP contribution in [0.15, 0.2) is 52.4 Å². The Labute approximate surface area is 181 Å². The summed E-state index contributed by atoms with van der Waals surface area (Å²) in [7, 11) is -3.65. The van der Waals surface area contributed by atoms with Gasteiger partial charge in [0.1, 0.15) is 25.1 Å². The molecule has 4 rings (SSSR count). The number of ether oxygens (including phenoxy) is 2. The van der Waals surface area contributed by atoms with E-state index in [9.17, 15) is 13.2 Å². The molecular weight excluding hydrogens is 418 g/mol. The van der Waals surface area contributed by atoms with Crippen molar-refractivity contribution in [3.05, 3.63) is 53.6 Å².